The number of rotatable bonds is 4. The summed E-state index contributed by atoms with van der Waals surface area (Å²) in [4.78, 5) is 5.34. The zero-order valence-electron chi connectivity index (χ0n) is 13.1. The molecule has 1 atom stereocenters. The van der Waals surface area contributed by atoms with Gasteiger partial charge in [-0.2, -0.15) is 0 Å². The van der Waals surface area contributed by atoms with E-state index in [0.29, 0.717) is 0 Å². The Kier molecular flexibility index (Phi) is 5.13. The summed E-state index contributed by atoms with van der Waals surface area (Å²) < 4.78 is 28.3. The van der Waals surface area contributed by atoms with E-state index in [1.165, 1.54) is 0 Å². The molecule has 123 valence electrons. The molecule has 1 aromatic heterocycles. The number of alkyl halides is 2. The van der Waals surface area contributed by atoms with Gasteiger partial charge in [0.15, 0.2) is 0 Å². The van der Waals surface area contributed by atoms with Gasteiger partial charge in [0.2, 0.25) is 0 Å². The number of fused-ring (bicyclic) bond motifs is 1. The molecule has 0 fully saturated rings. The van der Waals surface area contributed by atoms with Gasteiger partial charge in [0.25, 0.3) is 0 Å². The topological polar surface area (TPSA) is 17.8 Å². The second-order valence-corrected chi connectivity index (χ2v) is 7.91. The summed E-state index contributed by atoms with van der Waals surface area (Å²) >= 11 is 2.58. The SMILES string of the molecule is C=S(CC(F)F)c1ccc(C)c(-n2cnc3ccccc3[c]2=[V])c1. The Morgan fingerprint density at radius 1 is 1.25 bits per heavy atom. The van der Waals surface area contributed by atoms with Crippen LogP contribution in [0.15, 0.2) is 53.7 Å². The van der Waals surface area contributed by atoms with Crippen LogP contribution < -0.4 is 0 Å². The number of halogens is 2. The molecule has 3 aromatic rings. The van der Waals surface area contributed by atoms with Crippen molar-refractivity contribution >= 4 is 27.3 Å². The Hall–Kier alpha value is -1.56. The summed E-state index contributed by atoms with van der Waals surface area (Å²) in [6.07, 6.45) is -0.569. The molecule has 1 unspecified atom stereocenters. The maximum absolute atomic E-state index is 12.7. The van der Waals surface area contributed by atoms with Gasteiger partial charge < -0.3 is 0 Å². The van der Waals surface area contributed by atoms with Gasteiger partial charge in [0, 0.05) is 0 Å². The molecule has 2 nitrogen and oxygen atoms in total. The monoisotopic (exact) mass is 381 g/mol. The number of nitrogens with zero attached hydrogens (tertiary/aromatic N) is 2. The first kappa shape index (κ1) is 17.3. The van der Waals surface area contributed by atoms with Gasteiger partial charge in [0.1, 0.15) is 0 Å². The standard InChI is InChI=1S/C18H16F2N2S.V/c1-13-7-8-15(23(2)11-18(19)20)9-17(13)22-10-14-5-3-4-6-16(14)21-12-22;/h3-9,12,18H,2,11H2,1H3;. The summed E-state index contributed by atoms with van der Waals surface area (Å²) in [7, 11) is -0.728. The summed E-state index contributed by atoms with van der Waals surface area (Å²) in [5, 5.41) is 1.05. The van der Waals surface area contributed by atoms with Crippen molar-refractivity contribution in [2.75, 3.05) is 5.75 Å². The molecular weight excluding hydrogens is 365 g/mol. The first-order valence-corrected chi connectivity index (χ1v) is 9.61. The Labute approximate surface area is 150 Å². The molecule has 1 heterocycles. The summed E-state index contributed by atoms with van der Waals surface area (Å²) in [6, 6.07) is 13.7. The van der Waals surface area contributed by atoms with Gasteiger partial charge in [-0.3, -0.25) is 0 Å². The molecule has 0 aliphatic rings. The second-order valence-electron chi connectivity index (χ2n) is 5.45. The van der Waals surface area contributed by atoms with E-state index in [0.717, 1.165) is 31.1 Å². The van der Waals surface area contributed by atoms with Crippen molar-refractivity contribution in [3.05, 3.63) is 58.4 Å². The number of aromatic nitrogens is 2. The Morgan fingerprint density at radius 3 is 2.75 bits per heavy atom. The van der Waals surface area contributed by atoms with Gasteiger partial charge in [-0.15, -0.1) is 0 Å². The fourth-order valence-corrected chi connectivity index (χ4v) is 4.11. The average Bonchev–Trinajstić information content (AvgIpc) is 2.55. The van der Waals surface area contributed by atoms with Crippen molar-refractivity contribution < 1.29 is 25.8 Å². The predicted molar refractivity (Wildman–Crippen MR) is 92.9 cm³/mol. The van der Waals surface area contributed by atoms with E-state index < -0.39 is 16.9 Å². The summed E-state index contributed by atoms with van der Waals surface area (Å²) in [5.41, 5.74) is 2.92. The van der Waals surface area contributed by atoms with Gasteiger partial charge >= 0.3 is 151 Å². The quantitative estimate of drug-likeness (QED) is 0.597. The number of para-hydroxylation sites is 1. The van der Waals surface area contributed by atoms with Gasteiger partial charge in [-0.05, 0) is 0 Å². The Bertz CT molecular complexity index is 982. The fourth-order valence-electron chi connectivity index (χ4n) is 2.53. The molecule has 0 spiro atoms. The van der Waals surface area contributed by atoms with Gasteiger partial charge in [0.05, 0.1) is 0 Å². The molecule has 0 N–H and O–H groups in total. The molecule has 0 saturated heterocycles. The zero-order chi connectivity index (χ0) is 17.3. The minimum atomic E-state index is -2.34. The zero-order valence-corrected chi connectivity index (χ0v) is 15.3. The Morgan fingerprint density at radius 2 is 2.00 bits per heavy atom. The van der Waals surface area contributed by atoms with Crippen LogP contribution in [0.4, 0.5) is 8.78 Å². The summed E-state index contributed by atoms with van der Waals surface area (Å²) in [6.45, 7) is 2.00. The number of hydrogen-bond acceptors (Lipinski definition) is 1. The molecule has 24 heavy (non-hydrogen) atoms. The van der Waals surface area contributed by atoms with E-state index in [2.05, 4.69) is 27.8 Å². The van der Waals surface area contributed by atoms with E-state index in [1.54, 1.807) is 6.33 Å². The minimum absolute atomic E-state index is 0.210. The maximum atomic E-state index is 12.7. The molecule has 0 aliphatic heterocycles. The van der Waals surface area contributed by atoms with Crippen LogP contribution in [0.3, 0.4) is 0 Å². The fraction of sp³-hybridized carbons (Fsp3) is 0.167. The number of hydrogen-bond donors (Lipinski definition) is 0. The van der Waals surface area contributed by atoms with E-state index in [4.69, 9.17) is 0 Å². The van der Waals surface area contributed by atoms with E-state index in [1.807, 2.05) is 54.0 Å². The van der Waals surface area contributed by atoms with Crippen LogP contribution in [0.2, 0.25) is 0 Å². The third-order valence-corrected chi connectivity index (χ3v) is 6.07. The third-order valence-electron chi connectivity index (χ3n) is 3.79. The van der Waals surface area contributed by atoms with Gasteiger partial charge in [-0.1, -0.05) is 0 Å². The average molecular weight is 381 g/mol. The normalized spacial score (nSPS) is 12.6. The second kappa shape index (κ2) is 7.13. The predicted octanol–water partition coefficient (Wildman–Crippen LogP) is 4.74. The first-order chi connectivity index (χ1) is 11.5. The van der Waals surface area contributed by atoms with Crippen LogP contribution in [0.25, 0.3) is 16.6 Å². The molecule has 0 aliphatic carbocycles. The van der Waals surface area contributed by atoms with Crippen molar-refractivity contribution in [2.24, 2.45) is 0 Å². The number of benzene rings is 2. The van der Waals surface area contributed by atoms with E-state index in [-0.39, 0.29) is 5.75 Å². The van der Waals surface area contributed by atoms with Crippen molar-refractivity contribution in [3.8, 4) is 5.69 Å². The van der Waals surface area contributed by atoms with Crippen LogP contribution in [0.5, 0.6) is 0 Å². The first-order valence-electron chi connectivity index (χ1n) is 7.35. The van der Waals surface area contributed by atoms with Crippen molar-refractivity contribution in [2.45, 2.75) is 18.2 Å². The third kappa shape index (κ3) is 3.43. The van der Waals surface area contributed by atoms with E-state index >= 15 is 0 Å². The van der Waals surface area contributed by atoms with Crippen LogP contribution in [-0.4, -0.2) is 27.6 Å². The molecular formula is C18H16F2N2SV. The summed E-state index contributed by atoms with van der Waals surface area (Å²) in [5.74, 6) is 3.69. The van der Waals surface area contributed by atoms with Crippen LogP contribution in [0, 0.1) is 10.9 Å². The Balaban J connectivity index is 2.14. The van der Waals surface area contributed by atoms with Crippen LogP contribution in [0.1, 0.15) is 5.56 Å². The van der Waals surface area contributed by atoms with Crippen molar-refractivity contribution in [1.29, 1.82) is 0 Å². The van der Waals surface area contributed by atoms with Crippen molar-refractivity contribution in [3.63, 3.8) is 0 Å². The molecule has 0 saturated carbocycles. The van der Waals surface area contributed by atoms with Crippen LogP contribution in [-0.2, 0) is 17.0 Å². The van der Waals surface area contributed by atoms with Crippen molar-refractivity contribution in [1.82, 2.24) is 9.55 Å². The van der Waals surface area contributed by atoms with Gasteiger partial charge in [-0.25, -0.2) is 0 Å². The molecule has 2 aromatic carbocycles. The number of aryl methyl sites for hydroxylation is 1. The molecule has 3 rings (SSSR count). The molecule has 0 amide bonds. The molecule has 0 bridgehead atoms. The molecule has 0 radical (unpaired) electrons. The molecule has 6 heteroatoms. The van der Waals surface area contributed by atoms with E-state index in [9.17, 15) is 8.78 Å². The van der Waals surface area contributed by atoms with Crippen LogP contribution >= 0.6 is 10.5 Å².